The molecular formula is C16H15ClO2S. The summed E-state index contributed by atoms with van der Waals surface area (Å²) < 4.78 is 5.79. The van der Waals surface area contributed by atoms with E-state index in [-0.39, 0.29) is 17.8 Å². The molecule has 20 heavy (non-hydrogen) atoms. The molecule has 0 N–H and O–H groups in total. The maximum atomic E-state index is 12.0. The lowest BCUT2D eigenvalue weighted by atomic mass is 9.89. The van der Waals surface area contributed by atoms with E-state index in [0.29, 0.717) is 5.92 Å². The molecule has 1 aliphatic heterocycles. The van der Waals surface area contributed by atoms with Crippen molar-refractivity contribution in [3.8, 4) is 0 Å². The van der Waals surface area contributed by atoms with Crippen LogP contribution in [0.1, 0.15) is 12.0 Å². The fourth-order valence-electron chi connectivity index (χ4n) is 3.72. The summed E-state index contributed by atoms with van der Waals surface area (Å²) in [6, 6.07) is 8.37. The van der Waals surface area contributed by atoms with E-state index in [0.717, 1.165) is 11.3 Å². The van der Waals surface area contributed by atoms with Gasteiger partial charge in [0.25, 0.3) is 0 Å². The van der Waals surface area contributed by atoms with Crippen LogP contribution in [0.2, 0.25) is 0 Å². The van der Waals surface area contributed by atoms with Gasteiger partial charge in [0, 0.05) is 16.7 Å². The third-order valence-electron chi connectivity index (χ3n) is 4.66. The Kier molecular flexibility index (Phi) is 2.74. The van der Waals surface area contributed by atoms with Crippen LogP contribution < -0.4 is 0 Å². The third kappa shape index (κ3) is 1.63. The number of carbonyl (C=O) groups excluding carboxylic acids is 1. The van der Waals surface area contributed by atoms with Crippen molar-refractivity contribution < 1.29 is 9.53 Å². The second-order valence-electron chi connectivity index (χ2n) is 5.88. The van der Waals surface area contributed by atoms with Crippen LogP contribution in [-0.4, -0.2) is 16.3 Å². The maximum absolute atomic E-state index is 12.0. The van der Waals surface area contributed by atoms with Crippen molar-refractivity contribution in [1.82, 2.24) is 0 Å². The van der Waals surface area contributed by atoms with Crippen molar-refractivity contribution in [2.45, 2.75) is 28.6 Å². The van der Waals surface area contributed by atoms with Crippen LogP contribution >= 0.6 is 23.4 Å². The summed E-state index contributed by atoms with van der Waals surface area (Å²) in [6.07, 6.45) is 5.46. The average Bonchev–Trinajstić information content (AvgIpc) is 3.06. The minimum atomic E-state index is -0.507. The van der Waals surface area contributed by atoms with Crippen LogP contribution in [0.25, 0.3) is 0 Å². The van der Waals surface area contributed by atoms with Crippen molar-refractivity contribution in [3.63, 3.8) is 0 Å². The minimum absolute atomic E-state index is 0.0953. The van der Waals surface area contributed by atoms with E-state index in [4.69, 9.17) is 16.3 Å². The zero-order valence-corrected chi connectivity index (χ0v) is 12.7. The summed E-state index contributed by atoms with van der Waals surface area (Å²) >= 11 is 7.99. The molecule has 0 spiro atoms. The van der Waals surface area contributed by atoms with Gasteiger partial charge in [-0.25, -0.2) is 0 Å². The average molecular weight is 307 g/mol. The van der Waals surface area contributed by atoms with Crippen molar-refractivity contribution in [1.29, 1.82) is 0 Å². The first kappa shape index (κ1) is 12.8. The van der Waals surface area contributed by atoms with Crippen LogP contribution in [0.3, 0.4) is 0 Å². The highest BCUT2D eigenvalue weighted by atomic mass is 35.5. The summed E-state index contributed by atoms with van der Waals surface area (Å²) in [6.45, 7) is 2.07. The monoisotopic (exact) mass is 306 g/mol. The van der Waals surface area contributed by atoms with Gasteiger partial charge in [-0.2, -0.15) is 0 Å². The van der Waals surface area contributed by atoms with Gasteiger partial charge in [0.2, 0.25) is 0 Å². The van der Waals surface area contributed by atoms with Gasteiger partial charge in [0.1, 0.15) is 5.38 Å². The number of allylic oxidation sites excluding steroid dienone is 1. The van der Waals surface area contributed by atoms with Gasteiger partial charge in [-0.05, 0) is 31.4 Å². The summed E-state index contributed by atoms with van der Waals surface area (Å²) in [5.74, 6) is 0.510. The Morgan fingerprint density at radius 3 is 2.80 bits per heavy atom. The molecule has 5 atom stereocenters. The number of hydrogen-bond donors (Lipinski definition) is 0. The molecule has 1 saturated heterocycles. The Morgan fingerprint density at radius 1 is 1.30 bits per heavy atom. The highest BCUT2D eigenvalue weighted by Crippen LogP contribution is 2.64. The quantitative estimate of drug-likeness (QED) is 0.473. The number of thioether (sulfide) groups is 1. The molecule has 2 nitrogen and oxygen atoms in total. The molecular weight excluding hydrogens is 292 g/mol. The molecule has 0 radical (unpaired) electrons. The van der Waals surface area contributed by atoms with Crippen LogP contribution in [0.5, 0.6) is 0 Å². The van der Waals surface area contributed by atoms with Crippen LogP contribution in [0.4, 0.5) is 0 Å². The first-order valence-corrected chi connectivity index (χ1v) is 8.16. The summed E-state index contributed by atoms with van der Waals surface area (Å²) in [4.78, 5) is 12.6. The number of hydrogen-bond acceptors (Lipinski definition) is 3. The lowest BCUT2D eigenvalue weighted by Gasteiger charge is -2.34. The third-order valence-corrected chi connectivity index (χ3v) is 6.59. The normalized spacial score (nSPS) is 41.0. The minimum Gasteiger partial charge on any atom is -0.445 e. The van der Waals surface area contributed by atoms with Gasteiger partial charge in [-0.3, -0.25) is 4.79 Å². The highest BCUT2D eigenvalue weighted by Gasteiger charge is 2.67. The number of aryl methyl sites for hydroxylation is 1. The van der Waals surface area contributed by atoms with Gasteiger partial charge in [-0.1, -0.05) is 41.6 Å². The van der Waals surface area contributed by atoms with E-state index < -0.39 is 10.3 Å². The molecule has 1 saturated carbocycles. The van der Waals surface area contributed by atoms with E-state index in [1.165, 1.54) is 5.56 Å². The fraction of sp³-hybridized carbons (Fsp3) is 0.438. The summed E-state index contributed by atoms with van der Waals surface area (Å²) in [7, 11) is 0. The number of fused-ring (bicyclic) bond motifs is 5. The first-order valence-electron chi connectivity index (χ1n) is 6.91. The molecule has 104 valence electrons. The van der Waals surface area contributed by atoms with Crippen LogP contribution in [0, 0.1) is 24.7 Å². The van der Waals surface area contributed by atoms with Crippen molar-refractivity contribution in [3.05, 3.63) is 42.0 Å². The van der Waals surface area contributed by atoms with Crippen molar-refractivity contribution in [2.24, 2.45) is 17.8 Å². The number of esters is 1. The summed E-state index contributed by atoms with van der Waals surface area (Å²) in [5, 5.41) is -0.507. The Morgan fingerprint density at radius 2 is 2.05 bits per heavy atom. The molecule has 3 aliphatic rings. The molecule has 1 aromatic carbocycles. The standard InChI is InChI=1S/C16H15ClO2S/c1-9-2-6-12(7-3-9)20-16-11-5-4-10(8-11)13(16)14(17)15(18)19-16/h2-7,10-11,13-14H,8H2,1H3/t10-,11+,13-,14-,16+/m1/s1. The lowest BCUT2D eigenvalue weighted by Crippen LogP contribution is -2.37. The molecule has 0 amide bonds. The Bertz CT molecular complexity index is 595. The molecule has 0 unspecified atom stereocenters. The van der Waals surface area contributed by atoms with E-state index in [9.17, 15) is 4.79 Å². The Hall–Kier alpha value is -0.930. The second-order valence-corrected chi connectivity index (χ2v) is 7.66. The van der Waals surface area contributed by atoms with E-state index in [1.807, 2.05) is 0 Å². The predicted octanol–water partition coefficient (Wildman–Crippen LogP) is 3.77. The molecule has 1 heterocycles. The van der Waals surface area contributed by atoms with Crippen molar-refractivity contribution in [2.75, 3.05) is 0 Å². The van der Waals surface area contributed by atoms with E-state index in [1.54, 1.807) is 11.8 Å². The number of ether oxygens (including phenoxy) is 1. The number of carbonyl (C=O) groups is 1. The SMILES string of the molecule is Cc1ccc(S[C@]23OC(=O)[C@H](Cl)[C@H]2[C@@H]2C=C[C@H]3C2)cc1. The Labute approximate surface area is 127 Å². The predicted molar refractivity (Wildman–Crippen MR) is 79.7 cm³/mol. The molecule has 4 rings (SSSR count). The second kappa shape index (κ2) is 4.28. The zero-order chi connectivity index (χ0) is 13.9. The number of halogens is 1. The smallest absolute Gasteiger partial charge is 0.325 e. The highest BCUT2D eigenvalue weighted by molar-refractivity contribution is 8.00. The number of alkyl halides is 1. The van der Waals surface area contributed by atoms with Gasteiger partial charge in [0.15, 0.2) is 4.93 Å². The zero-order valence-electron chi connectivity index (χ0n) is 11.1. The number of rotatable bonds is 2. The summed E-state index contributed by atoms with van der Waals surface area (Å²) in [5.41, 5.74) is 1.23. The van der Waals surface area contributed by atoms with Gasteiger partial charge in [0.05, 0.1) is 0 Å². The molecule has 2 bridgehead atoms. The lowest BCUT2D eigenvalue weighted by molar-refractivity contribution is -0.144. The van der Waals surface area contributed by atoms with Gasteiger partial charge >= 0.3 is 5.97 Å². The van der Waals surface area contributed by atoms with Gasteiger partial charge in [-0.15, -0.1) is 11.6 Å². The van der Waals surface area contributed by atoms with Crippen LogP contribution in [0.15, 0.2) is 41.3 Å². The van der Waals surface area contributed by atoms with Crippen LogP contribution in [-0.2, 0) is 9.53 Å². The molecule has 2 fully saturated rings. The van der Waals surface area contributed by atoms with E-state index >= 15 is 0 Å². The molecule has 2 aliphatic carbocycles. The maximum Gasteiger partial charge on any atom is 0.325 e. The topological polar surface area (TPSA) is 26.3 Å². The molecule has 0 aromatic heterocycles. The molecule has 4 heteroatoms. The fourth-order valence-corrected chi connectivity index (χ4v) is 5.75. The number of benzene rings is 1. The first-order chi connectivity index (χ1) is 9.60. The van der Waals surface area contributed by atoms with E-state index in [2.05, 4.69) is 43.3 Å². The van der Waals surface area contributed by atoms with Crippen molar-refractivity contribution >= 4 is 29.3 Å². The largest absolute Gasteiger partial charge is 0.445 e. The Balaban J connectivity index is 1.72. The molecule has 1 aromatic rings. The van der Waals surface area contributed by atoms with Gasteiger partial charge < -0.3 is 4.74 Å².